The zero-order valence-corrected chi connectivity index (χ0v) is 7.33. The molecule has 1 amide bonds. The van der Waals surface area contributed by atoms with Gasteiger partial charge in [-0.15, -0.1) is 5.92 Å². The highest BCUT2D eigenvalue weighted by Gasteiger charge is 2.15. The van der Waals surface area contributed by atoms with Gasteiger partial charge in [-0.25, -0.2) is 0 Å². The second-order valence-electron chi connectivity index (χ2n) is 2.35. The lowest BCUT2D eigenvalue weighted by molar-refractivity contribution is -0.139. The van der Waals surface area contributed by atoms with E-state index < -0.39 is 17.9 Å². The first kappa shape index (κ1) is 11.5. The summed E-state index contributed by atoms with van der Waals surface area (Å²) in [7, 11) is 0. The first-order valence-electron chi connectivity index (χ1n) is 3.72. The van der Waals surface area contributed by atoms with Crippen molar-refractivity contribution < 1.29 is 14.7 Å². The number of rotatable bonds is 4. The van der Waals surface area contributed by atoms with Crippen molar-refractivity contribution in [3.63, 3.8) is 0 Å². The fraction of sp³-hybridized carbons (Fsp3) is 0.500. The smallest absolute Gasteiger partial charge is 0.305 e. The predicted octanol–water partition coefficient (Wildman–Crippen LogP) is -1.07. The first-order chi connectivity index (χ1) is 6.07. The number of aliphatic carboxylic acids is 1. The molecule has 13 heavy (non-hydrogen) atoms. The van der Waals surface area contributed by atoms with Gasteiger partial charge in [-0.3, -0.25) is 9.59 Å². The van der Waals surface area contributed by atoms with Crippen molar-refractivity contribution in [1.29, 1.82) is 0 Å². The van der Waals surface area contributed by atoms with Crippen LogP contribution in [0.1, 0.15) is 13.3 Å². The van der Waals surface area contributed by atoms with Crippen molar-refractivity contribution in [1.82, 2.24) is 5.32 Å². The van der Waals surface area contributed by atoms with Gasteiger partial charge in [0.1, 0.15) is 0 Å². The fourth-order valence-corrected chi connectivity index (χ4v) is 0.632. The third-order valence-electron chi connectivity index (χ3n) is 1.26. The molecule has 0 saturated heterocycles. The van der Waals surface area contributed by atoms with Gasteiger partial charge in [0.2, 0.25) is 5.91 Å². The standard InChI is InChI=1S/C8H12N2O3/c1-2-3-4-10-8(13)6(9)5-7(11)12/h6H,4-5,9H2,1H3,(H,10,13)(H,11,12). The number of carboxylic acids is 1. The minimum atomic E-state index is -1.09. The summed E-state index contributed by atoms with van der Waals surface area (Å²) in [5, 5.41) is 10.7. The van der Waals surface area contributed by atoms with Crippen LogP contribution in [0, 0.1) is 11.8 Å². The zero-order chi connectivity index (χ0) is 10.3. The number of nitrogens with one attached hydrogen (secondary N) is 1. The highest BCUT2D eigenvalue weighted by atomic mass is 16.4. The molecule has 0 heterocycles. The van der Waals surface area contributed by atoms with E-state index in [2.05, 4.69) is 17.2 Å². The quantitative estimate of drug-likeness (QED) is 0.485. The van der Waals surface area contributed by atoms with Crippen LogP contribution in [0.5, 0.6) is 0 Å². The molecule has 0 aromatic heterocycles. The maximum Gasteiger partial charge on any atom is 0.305 e. The lowest BCUT2D eigenvalue weighted by Gasteiger charge is -2.07. The Morgan fingerprint density at radius 2 is 2.23 bits per heavy atom. The Kier molecular flexibility index (Phi) is 5.32. The number of carboxylic acid groups (broad SMARTS) is 1. The van der Waals surface area contributed by atoms with Gasteiger partial charge in [0.15, 0.2) is 0 Å². The molecule has 4 N–H and O–H groups in total. The van der Waals surface area contributed by atoms with Gasteiger partial charge < -0.3 is 16.2 Å². The summed E-state index contributed by atoms with van der Waals surface area (Å²) in [5.41, 5.74) is 5.26. The molecular formula is C8H12N2O3. The molecule has 0 saturated carbocycles. The second-order valence-corrected chi connectivity index (χ2v) is 2.35. The van der Waals surface area contributed by atoms with Crippen molar-refractivity contribution in [3.05, 3.63) is 0 Å². The van der Waals surface area contributed by atoms with Crippen molar-refractivity contribution in [2.24, 2.45) is 5.73 Å². The van der Waals surface area contributed by atoms with E-state index >= 15 is 0 Å². The molecule has 0 aromatic rings. The van der Waals surface area contributed by atoms with Crippen molar-refractivity contribution in [2.45, 2.75) is 19.4 Å². The van der Waals surface area contributed by atoms with E-state index in [-0.39, 0.29) is 13.0 Å². The van der Waals surface area contributed by atoms with E-state index in [4.69, 9.17) is 10.8 Å². The zero-order valence-electron chi connectivity index (χ0n) is 7.33. The summed E-state index contributed by atoms with van der Waals surface area (Å²) in [5.74, 6) is 3.59. The summed E-state index contributed by atoms with van der Waals surface area (Å²) in [6.07, 6.45) is -0.370. The van der Waals surface area contributed by atoms with Gasteiger partial charge in [0, 0.05) is 0 Å². The maximum atomic E-state index is 11.0. The average molecular weight is 184 g/mol. The van der Waals surface area contributed by atoms with Gasteiger partial charge in [0.05, 0.1) is 19.0 Å². The molecule has 5 heteroatoms. The first-order valence-corrected chi connectivity index (χ1v) is 3.72. The summed E-state index contributed by atoms with van der Waals surface area (Å²) in [6.45, 7) is 1.84. The monoisotopic (exact) mass is 184 g/mol. The van der Waals surface area contributed by atoms with Crippen LogP contribution in [0.2, 0.25) is 0 Å². The molecule has 0 radical (unpaired) electrons. The molecule has 0 aliphatic carbocycles. The molecular weight excluding hydrogens is 172 g/mol. The highest BCUT2D eigenvalue weighted by Crippen LogP contribution is 1.87. The second kappa shape index (κ2) is 6.03. The summed E-state index contributed by atoms with van der Waals surface area (Å²) in [6, 6.07) is -1.00. The summed E-state index contributed by atoms with van der Waals surface area (Å²) in [4.78, 5) is 21.1. The Bertz CT molecular complexity index is 252. The van der Waals surface area contributed by atoms with E-state index in [0.29, 0.717) is 0 Å². The van der Waals surface area contributed by atoms with E-state index in [1.54, 1.807) is 6.92 Å². The highest BCUT2D eigenvalue weighted by molar-refractivity contribution is 5.85. The van der Waals surface area contributed by atoms with E-state index in [1.165, 1.54) is 0 Å². The molecule has 0 spiro atoms. The number of hydrogen-bond donors (Lipinski definition) is 3. The topological polar surface area (TPSA) is 92.4 Å². The lowest BCUT2D eigenvalue weighted by Crippen LogP contribution is -2.42. The van der Waals surface area contributed by atoms with Gasteiger partial charge >= 0.3 is 5.97 Å². The minimum Gasteiger partial charge on any atom is -0.481 e. The van der Waals surface area contributed by atoms with Crippen LogP contribution in [0.25, 0.3) is 0 Å². The maximum absolute atomic E-state index is 11.0. The molecule has 0 bridgehead atoms. The van der Waals surface area contributed by atoms with Gasteiger partial charge in [0.25, 0.3) is 0 Å². The van der Waals surface area contributed by atoms with Crippen LogP contribution in [0.3, 0.4) is 0 Å². The molecule has 72 valence electrons. The number of carbonyl (C=O) groups excluding carboxylic acids is 1. The average Bonchev–Trinajstić information content (AvgIpc) is 2.03. The number of hydrogen-bond acceptors (Lipinski definition) is 3. The molecule has 1 atom stereocenters. The third kappa shape index (κ3) is 5.70. The minimum absolute atomic E-state index is 0.197. The number of nitrogens with two attached hydrogens (primary N) is 1. The lowest BCUT2D eigenvalue weighted by atomic mass is 10.2. The van der Waals surface area contributed by atoms with Crippen LogP contribution >= 0.6 is 0 Å². The molecule has 0 aromatic carbocycles. The van der Waals surface area contributed by atoms with E-state index in [1.807, 2.05) is 0 Å². The fourth-order valence-electron chi connectivity index (χ4n) is 0.632. The van der Waals surface area contributed by atoms with Crippen LogP contribution < -0.4 is 11.1 Å². The van der Waals surface area contributed by atoms with E-state index in [9.17, 15) is 9.59 Å². The molecule has 5 nitrogen and oxygen atoms in total. The Balaban J connectivity index is 3.80. The summed E-state index contributed by atoms with van der Waals surface area (Å²) >= 11 is 0. The van der Waals surface area contributed by atoms with Gasteiger partial charge in [-0.1, -0.05) is 5.92 Å². The Morgan fingerprint density at radius 1 is 1.62 bits per heavy atom. The molecule has 0 rings (SSSR count). The molecule has 0 aliphatic rings. The normalized spacial score (nSPS) is 10.9. The van der Waals surface area contributed by atoms with E-state index in [0.717, 1.165) is 0 Å². The molecule has 0 fully saturated rings. The number of carbonyl (C=O) groups is 2. The van der Waals surface area contributed by atoms with Crippen molar-refractivity contribution >= 4 is 11.9 Å². The number of amides is 1. The van der Waals surface area contributed by atoms with Gasteiger partial charge in [-0.2, -0.15) is 0 Å². The predicted molar refractivity (Wildman–Crippen MR) is 46.7 cm³/mol. The third-order valence-corrected chi connectivity index (χ3v) is 1.26. The SMILES string of the molecule is CC#CCNC(=O)C(N)CC(=O)O. The van der Waals surface area contributed by atoms with Crippen molar-refractivity contribution in [3.8, 4) is 11.8 Å². The largest absolute Gasteiger partial charge is 0.481 e. The van der Waals surface area contributed by atoms with Crippen molar-refractivity contribution in [2.75, 3.05) is 6.54 Å². The Morgan fingerprint density at radius 3 is 2.69 bits per heavy atom. The molecule has 0 aliphatic heterocycles. The molecule has 1 unspecified atom stereocenters. The van der Waals surface area contributed by atoms with Crippen LogP contribution in [0.4, 0.5) is 0 Å². The van der Waals surface area contributed by atoms with Gasteiger partial charge in [-0.05, 0) is 6.92 Å². The van der Waals surface area contributed by atoms with Crippen LogP contribution in [-0.2, 0) is 9.59 Å². The Hall–Kier alpha value is -1.54. The Labute approximate surface area is 76.3 Å². The van der Waals surface area contributed by atoms with Crippen LogP contribution in [0.15, 0.2) is 0 Å². The van der Waals surface area contributed by atoms with Crippen LogP contribution in [-0.4, -0.2) is 29.6 Å². The summed E-state index contributed by atoms with van der Waals surface area (Å²) < 4.78 is 0.